The number of anilines is 1. The quantitative estimate of drug-likeness (QED) is 0.832. The molecule has 1 aliphatic rings. The molecule has 1 aliphatic carbocycles. The SMILES string of the molecule is CC(C)(C)OC(=O)Nc1cc(F)cc2c1CC(O)CC2. The van der Waals surface area contributed by atoms with Gasteiger partial charge in [0, 0.05) is 6.42 Å². The number of ether oxygens (including phenoxy) is 1. The molecule has 2 rings (SSSR count). The van der Waals surface area contributed by atoms with Gasteiger partial charge in [0.15, 0.2) is 0 Å². The van der Waals surface area contributed by atoms with E-state index in [1.807, 2.05) is 0 Å². The Bertz CT molecular complexity index is 523. The second-order valence-corrected chi connectivity index (χ2v) is 6.11. The molecule has 2 N–H and O–H groups in total. The number of amides is 1. The van der Waals surface area contributed by atoms with E-state index in [1.54, 1.807) is 20.8 Å². The summed E-state index contributed by atoms with van der Waals surface area (Å²) in [5, 5.41) is 12.3. The highest BCUT2D eigenvalue weighted by Gasteiger charge is 2.23. The molecule has 1 amide bonds. The van der Waals surface area contributed by atoms with Gasteiger partial charge >= 0.3 is 6.09 Å². The van der Waals surface area contributed by atoms with Crippen LogP contribution in [0.25, 0.3) is 0 Å². The number of fused-ring (bicyclic) bond motifs is 1. The Morgan fingerprint density at radius 2 is 2.15 bits per heavy atom. The van der Waals surface area contributed by atoms with Gasteiger partial charge in [-0.1, -0.05) is 0 Å². The summed E-state index contributed by atoms with van der Waals surface area (Å²) in [6, 6.07) is 2.72. The Balaban J connectivity index is 2.23. The third-order valence-electron chi connectivity index (χ3n) is 3.13. The molecule has 110 valence electrons. The molecule has 0 radical (unpaired) electrons. The van der Waals surface area contributed by atoms with E-state index in [9.17, 15) is 14.3 Å². The van der Waals surface area contributed by atoms with Gasteiger partial charge in [-0.15, -0.1) is 0 Å². The molecule has 1 unspecified atom stereocenters. The summed E-state index contributed by atoms with van der Waals surface area (Å²) in [4.78, 5) is 11.8. The Kier molecular flexibility index (Phi) is 3.99. The van der Waals surface area contributed by atoms with Gasteiger partial charge in [0.1, 0.15) is 11.4 Å². The monoisotopic (exact) mass is 281 g/mol. The first-order chi connectivity index (χ1) is 9.24. The fourth-order valence-corrected chi connectivity index (χ4v) is 2.34. The number of hydrogen-bond donors (Lipinski definition) is 2. The highest BCUT2D eigenvalue weighted by atomic mass is 19.1. The average molecular weight is 281 g/mol. The number of rotatable bonds is 1. The van der Waals surface area contributed by atoms with E-state index >= 15 is 0 Å². The lowest BCUT2D eigenvalue weighted by Crippen LogP contribution is -2.28. The normalized spacial score (nSPS) is 18.4. The number of aliphatic hydroxyl groups excluding tert-OH is 1. The van der Waals surface area contributed by atoms with E-state index in [1.165, 1.54) is 12.1 Å². The summed E-state index contributed by atoms with van der Waals surface area (Å²) >= 11 is 0. The number of carbonyl (C=O) groups excluding carboxylic acids is 1. The van der Waals surface area contributed by atoms with E-state index in [4.69, 9.17) is 4.74 Å². The van der Waals surface area contributed by atoms with Crippen molar-refractivity contribution in [1.82, 2.24) is 0 Å². The molecule has 0 aliphatic heterocycles. The van der Waals surface area contributed by atoms with Crippen LogP contribution >= 0.6 is 0 Å². The fraction of sp³-hybridized carbons (Fsp3) is 0.533. The molecule has 0 bridgehead atoms. The second kappa shape index (κ2) is 5.40. The first-order valence-corrected chi connectivity index (χ1v) is 6.74. The molecular weight excluding hydrogens is 261 g/mol. The zero-order chi connectivity index (χ0) is 14.9. The highest BCUT2D eigenvalue weighted by molar-refractivity contribution is 5.86. The fourth-order valence-electron chi connectivity index (χ4n) is 2.34. The topological polar surface area (TPSA) is 58.6 Å². The van der Waals surface area contributed by atoms with Crippen LogP contribution in [0.3, 0.4) is 0 Å². The van der Waals surface area contributed by atoms with Gasteiger partial charge in [-0.3, -0.25) is 5.32 Å². The maximum Gasteiger partial charge on any atom is 0.412 e. The number of carbonyl (C=O) groups is 1. The van der Waals surface area contributed by atoms with Crippen LogP contribution in [-0.2, 0) is 17.6 Å². The minimum Gasteiger partial charge on any atom is -0.444 e. The number of aliphatic hydroxyl groups is 1. The smallest absolute Gasteiger partial charge is 0.412 e. The minimum absolute atomic E-state index is 0.382. The predicted octanol–water partition coefficient (Wildman–Crippen LogP) is 3.02. The first-order valence-electron chi connectivity index (χ1n) is 6.74. The summed E-state index contributed by atoms with van der Waals surface area (Å²) in [5.74, 6) is -0.397. The zero-order valence-corrected chi connectivity index (χ0v) is 12.0. The molecule has 0 saturated carbocycles. The molecule has 0 aromatic heterocycles. The summed E-state index contributed by atoms with van der Waals surface area (Å²) < 4.78 is 18.8. The lowest BCUT2D eigenvalue weighted by molar-refractivity contribution is 0.0635. The van der Waals surface area contributed by atoms with Gasteiger partial charge in [-0.25, -0.2) is 9.18 Å². The Labute approximate surface area is 117 Å². The van der Waals surface area contributed by atoms with Crippen molar-refractivity contribution in [3.8, 4) is 0 Å². The minimum atomic E-state index is -0.620. The van der Waals surface area contributed by atoms with Crippen LogP contribution in [0.2, 0.25) is 0 Å². The van der Waals surface area contributed by atoms with E-state index < -0.39 is 23.6 Å². The van der Waals surface area contributed by atoms with E-state index in [0.717, 1.165) is 11.1 Å². The summed E-state index contributed by atoms with van der Waals surface area (Å²) in [5.41, 5.74) is 1.39. The number of benzene rings is 1. The second-order valence-electron chi connectivity index (χ2n) is 6.11. The van der Waals surface area contributed by atoms with Crippen LogP contribution in [0.1, 0.15) is 38.3 Å². The van der Waals surface area contributed by atoms with Crippen molar-refractivity contribution < 1.29 is 19.0 Å². The van der Waals surface area contributed by atoms with Crippen molar-refractivity contribution >= 4 is 11.8 Å². The van der Waals surface area contributed by atoms with Crippen LogP contribution in [0, 0.1) is 5.82 Å². The molecule has 0 spiro atoms. The summed E-state index contributed by atoms with van der Waals surface area (Å²) in [6.07, 6.45) is 0.567. The molecule has 0 saturated heterocycles. The maximum absolute atomic E-state index is 13.6. The molecule has 5 heteroatoms. The van der Waals surface area contributed by atoms with Crippen molar-refractivity contribution in [1.29, 1.82) is 0 Å². The van der Waals surface area contributed by atoms with Crippen molar-refractivity contribution in [3.05, 3.63) is 29.1 Å². The van der Waals surface area contributed by atoms with Gasteiger partial charge in [0.2, 0.25) is 0 Å². The first kappa shape index (κ1) is 14.8. The highest BCUT2D eigenvalue weighted by Crippen LogP contribution is 2.29. The third-order valence-corrected chi connectivity index (χ3v) is 3.13. The Morgan fingerprint density at radius 1 is 1.45 bits per heavy atom. The number of nitrogens with one attached hydrogen (secondary N) is 1. The maximum atomic E-state index is 13.6. The largest absolute Gasteiger partial charge is 0.444 e. The van der Waals surface area contributed by atoms with Crippen molar-refractivity contribution in [3.63, 3.8) is 0 Å². The Morgan fingerprint density at radius 3 is 2.80 bits per heavy atom. The number of halogens is 1. The van der Waals surface area contributed by atoms with Gasteiger partial charge < -0.3 is 9.84 Å². The van der Waals surface area contributed by atoms with Gasteiger partial charge in [-0.2, -0.15) is 0 Å². The molecule has 0 fully saturated rings. The molecular formula is C15H20FNO3. The van der Waals surface area contributed by atoms with E-state index in [0.29, 0.717) is 24.9 Å². The molecule has 4 nitrogen and oxygen atoms in total. The number of aryl methyl sites for hydroxylation is 1. The summed E-state index contributed by atoms with van der Waals surface area (Å²) in [7, 11) is 0. The average Bonchev–Trinajstić information content (AvgIpc) is 2.27. The molecule has 1 aromatic rings. The van der Waals surface area contributed by atoms with Crippen LogP contribution in [0.15, 0.2) is 12.1 Å². The number of hydrogen-bond acceptors (Lipinski definition) is 3. The van der Waals surface area contributed by atoms with Gasteiger partial charge in [0.05, 0.1) is 11.8 Å². The van der Waals surface area contributed by atoms with Crippen LogP contribution in [-0.4, -0.2) is 22.9 Å². The van der Waals surface area contributed by atoms with Crippen LogP contribution in [0.5, 0.6) is 0 Å². The third kappa shape index (κ3) is 3.70. The van der Waals surface area contributed by atoms with Crippen LogP contribution in [0.4, 0.5) is 14.9 Å². The van der Waals surface area contributed by atoms with Gasteiger partial charge in [-0.05, 0) is 56.9 Å². The lowest BCUT2D eigenvalue weighted by Gasteiger charge is -2.25. The van der Waals surface area contributed by atoms with E-state index in [-0.39, 0.29) is 0 Å². The summed E-state index contributed by atoms with van der Waals surface area (Å²) in [6.45, 7) is 5.28. The van der Waals surface area contributed by atoms with Crippen molar-refractivity contribution in [2.24, 2.45) is 0 Å². The zero-order valence-electron chi connectivity index (χ0n) is 12.0. The van der Waals surface area contributed by atoms with E-state index in [2.05, 4.69) is 5.32 Å². The van der Waals surface area contributed by atoms with Crippen LogP contribution < -0.4 is 5.32 Å². The van der Waals surface area contributed by atoms with Crippen molar-refractivity contribution in [2.75, 3.05) is 5.32 Å². The molecule has 0 heterocycles. The standard InChI is InChI=1S/C15H20FNO3/c1-15(2,3)20-14(19)17-13-7-10(16)6-9-4-5-11(18)8-12(9)13/h6-7,11,18H,4-5,8H2,1-3H3,(H,17,19). The van der Waals surface area contributed by atoms with Gasteiger partial charge in [0.25, 0.3) is 0 Å². The molecule has 1 aromatic carbocycles. The lowest BCUT2D eigenvalue weighted by atomic mass is 9.88. The molecule has 20 heavy (non-hydrogen) atoms. The predicted molar refractivity (Wildman–Crippen MR) is 74.3 cm³/mol. The Hall–Kier alpha value is -1.62. The van der Waals surface area contributed by atoms with Crippen molar-refractivity contribution in [2.45, 2.75) is 51.7 Å². The molecule has 1 atom stereocenters.